The van der Waals surface area contributed by atoms with Crippen LogP contribution in [0.4, 0.5) is 14.0 Å². The molecule has 1 saturated heterocycles. The van der Waals surface area contributed by atoms with Crippen molar-refractivity contribution < 1.29 is 70.8 Å². The van der Waals surface area contributed by atoms with Gasteiger partial charge in [0.05, 0.1) is 12.2 Å². The molecule has 0 unspecified atom stereocenters. The molecule has 39 heavy (non-hydrogen) atoms. The summed E-state index contributed by atoms with van der Waals surface area (Å²) in [6, 6.07) is 0. The highest BCUT2D eigenvalue weighted by Crippen LogP contribution is 2.52. The van der Waals surface area contributed by atoms with Gasteiger partial charge in [0.15, 0.2) is 6.23 Å². The molecule has 0 radical (unpaired) electrons. The predicted octanol–water partition coefficient (Wildman–Crippen LogP) is 1.73. The molecule has 4 atom stereocenters. The standard InChI is InChI=1S/C21H32FN2O14P/c1-12(2)36-18(27)31-10-34-39(30,35-11-32-19(28)37-13(3)4)33-9-21(22)16(26)20(6,29)17(38-21)24-8-7-15(25)23-14(24)5/h7-8,12-13,16-17,26,29H,5,9-11H2,1-4,6H3,(H,23,25)/t16-,17+,20+,21+/m0/s1. The molecule has 2 rings (SSSR count). The van der Waals surface area contributed by atoms with Gasteiger partial charge in [0.1, 0.15) is 24.1 Å². The Hall–Kier alpha value is -2.79. The number of aliphatic hydroxyl groups is 2. The highest BCUT2D eigenvalue weighted by atomic mass is 31.2. The molecule has 0 aromatic carbocycles. The van der Waals surface area contributed by atoms with Crippen LogP contribution in [0, 0.1) is 0 Å². The van der Waals surface area contributed by atoms with Gasteiger partial charge < -0.3 is 44.1 Å². The normalized spacial score (nSPS) is 27.1. The maximum Gasteiger partial charge on any atom is 0.510 e. The molecule has 0 aliphatic carbocycles. The van der Waals surface area contributed by atoms with Crippen molar-refractivity contribution in [2.45, 2.75) is 70.6 Å². The first-order chi connectivity index (χ1) is 18.0. The summed E-state index contributed by atoms with van der Waals surface area (Å²) in [5.74, 6) is -3.88. The first-order valence-corrected chi connectivity index (χ1v) is 12.9. The number of carbonyl (C=O) groups excluding carboxylic acids is 3. The van der Waals surface area contributed by atoms with Crippen LogP contribution >= 0.6 is 7.82 Å². The Kier molecular flexibility index (Phi) is 10.8. The Morgan fingerprint density at radius 1 is 1.15 bits per heavy atom. The number of halogens is 1. The van der Waals surface area contributed by atoms with Crippen LogP contribution in [0.25, 0.3) is 0 Å². The zero-order valence-corrected chi connectivity index (χ0v) is 22.8. The molecule has 0 spiro atoms. The first kappa shape index (κ1) is 32.4. The van der Waals surface area contributed by atoms with Gasteiger partial charge in [-0.15, -0.1) is 0 Å². The third-order valence-electron chi connectivity index (χ3n) is 4.85. The van der Waals surface area contributed by atoms with Gasteiger partial charge in [-0.25, -0.2) is 27.6 Å². The van der Waals surface area contributed by atoms with E-state index in [1.165, 1.54) is 27.7 Å². The van der Waals surface area contributed by atoms with Crippen LogP contribution in [-0.4, -0.2) is 89.5 Å². The summed E-state index contributed by atoms with van der Waals surface area (Å²) < 4.78 is 67.2. The molecule has 0 bridgehead atoms. The number of rotatable bonds is 12. The fourth-order valence-corrected chi connectivity index (χ4v) is 4.03. The lowest BCUT2D eigenvalue weighted by atomic mass is 9.95. The minimum Gasteiger partial charge on any atom is -0.432 e. The zero-order valence-electron chi connectivity index (χ0n) is 21.9. The van der Waals surface area contributed by atoms with E-state index in [4.69, 9.17) is 27.8 Å². The van der Waals surface area contributed by atoms with Crippen molar-refractivity contribution in [1.29, 1.82) is 0 Å². The second kappa shape index (κ2) is 13.0. The summed E-state index contributed by atoms with van der Waals surface area (Å²) in [7, 11) is -4.92. The van der Waals surface area contributed by atoms with E-state index in [1.807, 2.05) is 0 Å². The van der Waals surface area contributed by atoms with Crippen LogP contribution in [0.1, 0.15) is 34.6 Å². The van der Waals surface area contributed by atoms with Gasteiger partial charge in [-0.3, -0.25) is 9.32 Å². The van der Waals surface area contributed by atoms with Crippen LogP contribution in [0.5, 0.6) is 0 Å². The van der Waals surface area contributed by atoms with Gasteiger partial charge in [0.25, 0.3) is 11.8 Å². The number of alkyl halides is 1. The van der Waals surface area contributed by atoms with Crippen molar-refractivity contribution in [2.24, 2.45) is 0 Å². The number of hydrogen-bond acceptors (Lipinski definition) is 15. The smallest absolute Gasteiger partial charge is 0.432 e. The van der Waals surface area contributed by atoms with Gasteiger partial charge >= 0.3 is 20.1 Å². The van der Waals surface area contributed by atoms with E-state index in [-0.39, 0.29) is 5.82 Å². The lowest BCUT2D eigenvalue weighted by molar-refractivity contribution is -0.209. The third-order valence-corrected chi connectivity index (χ3v) is 6.13. The molecular formula is C21H32FN2O14P. The number of nitrogens with one attached hydrogen (secondary N) is 1. The zero-order chi connectivity index (χ0) is 29.6. The Bertz CT molecular complexity index is 973. The SMILES string of the molecule is C=C1NC(=O)C=CN1[C@@H]1O[C@](F)(COP(=O)(OCOC(=O)OC(C)C)OCOC(=O)OC(C)C)[C@@H](O)[C@@]1(C)O. The molecule has 0 aromatic heterocycles. The fraction of sp³-hybridized carbons (Fsp3) is 0.667. The summed E-state index contributed by atoms with van der Waals surface area (Å²) in [6.45, 7) is 7.23. The second-order valence-corrected chi connectivity index (χ2v) is 10.5. The lowest BCUT2D eigenvalue weighted by Crippen LogP contribution is -2.54. The average Bonchev–Trinajstić information content (AvgIpc) is 2.97. The van der Waals surface area contributed by atoms with Crippen molar-refractivity contribution in [1.82, 2.24) is 10.2 Å². The maximum absolute atomic E-state index is 15.8. The predicted molar refractivity (Wildman–Crippen MR) is 124 cm³/mol. The second-order valence-electron chi connectivity index (χ2n) is 8.88. The molecule has 16 nitrogen and oxygen atoms in total. The fourth-order valence-electron chi connectivity index (χ4n) is 3.11. The van der Waals surface area contributed by atoms with Crippen molar-refractivity contribution in [2.75, 3.05) is 20.2 Å². The van der Waals surface area contributed by atoms with Crippen LogP contribution in [-0.2, 0) is 46.6 Å². The Morgan fingerprint density at radius 3 is 2.13 bits per heavy atom. The molecule has 2 aliphatic rings. The van der Waals surface area contributed by atoms with E-state index in [2.05, 4.69) is 21.4 Å². The molecule has 2 heterocycles. The lowest BCUT2D eigenvalue weighted by Gasteiger charge is -2.36. The number of amides is 1. The average molecular weight is 586 g/mol. The highest BCUT2D eigenvalue weighted by molar-refractivity contribution is 7.48. The number of phosphoric ester groups is 1. The largest absolute Gasteiger partial charge is 0.510 e. The van der Waals surface area contributed by atoms with Gasteiger partial charge in [0.2, 0.25) is 13.6 Å². The number of aliphatic hydroxyl groups excluding tert-OH is 1. The molecular weight excluding hydrogens is 554 g/mol. The summed E-state index contributed by atoms with van der Waals surface area (Å²) in [5.41, 5.74) is -2.33. The van der Waals surface area contributed by atoms with Crippen molar-refractivity contribution in [3.05, 3.63) is 24.7 Å². The summed E-state index contributed by atoms with van der Waals surface area (Å²) >= 11 is 0. The first-order valence-electron chi connectivity index (χ1n) is 11.4. The molecule has 0 aromatic rings. The maximum atomic E-state index is 15.8. The van der Waals surface area contributed by atoms with Crippen LogP contribution in [0.3, 0.4) is 0 Å². The number of ether oxygens (including phenoxy) is 5. The molecule has 2 aliphatic heterocycles. The van der Waals surface area contributed by atoms with Gasteiger partial charge in [-0.1, -0.05) is 6.58 Å². The Balaban J connectivity index is 2.13. The molecule has 1 amide bonds. The quantitative estimate of drug-likeness (QED) is 0.170. The van der Waals surface area contributed by atoms with Crippen LogP contribution in [0.2, 0.25) is 0 Å². The van der Waals surface area contributed by atoms with Gasteiger partial charge in [-0.05, 0) is 34.6 Å². The number of hydrogen-bond donors (Lipinski definition) is 3. The number of carbonyl (C=O) groups is 3. The summed E-state index contributed by atoms with van der Waals surface area (Å²) in [4.78, 5) is 35.6. The van der Waals surface area contributed by atoms with E-state index >= 15 is 4.39 Å². The molecule has 3 N–H and O–H groups in total. The van der Waals surface area contributed by atoms with Gasteiger partial charge in [0, 0.05) is 12.3 Å². The van der Waals surface area contributed by atoms with Crippen LogP contribution in [0.15, 0.2) is 24.7 Å². The van der Waals surface area contributed by atoms with E-state index in [0.717, 1.165) is 24.1 Å². The molecule has 222 valence electrons. The number of nitrogens with zero attached hydrogens (tertiary/aromatic N) is 1. The monoisotopic (exact) mass is 586 g/mol. The molecule has 0 saturated carbocycles. The number of phosphoric acid groups is 1. The Labute approximate surface area is 223 Å². The topological polar surface area (TPSA) is 198 Å². The van der Waals surface area contributed by atoms with E-state index in [1.54, 1.807) is 0 Å². The highest BCUT2D eigenvalue weighted by Gasteiger charge is 2.64. The summed E-state index contributed by atoms with van der Waals surface area (Å²) in [6.07, 6.45) is -5.28. The third kappa shape index (κ3) is 8.86. The van der Waals surface area contributed by atoms with E-state index in [9.17, 15) is 29.2 Å². The molecule has 1 fully saturated rings. The minimum atomic E-state index is -4.92. The minimum absolute atomic E-state index is 0.0988. The van der Waals surface area contributed by atoms with Crippen molar-refractivity contribution in [3.8, 4) is 0 Å². The van der Waals surface area contributed by atoms with E-state index < -0.39 is 82.2 Å². The Morgan fingerprint density at radius 2 is 1.67 bits per heavy atom. The summed E-state index contributed by atoms with van der Waals surface area (Å²) in [5, 5.41) is 23.7. The van der Waals surface area contributed by atoms with Crippen molar-refractivity contribution >= 4 is 26.0 Å². The van der Waals surface area contributed by atoms with Gasteiger partial charge in [-0.2, -0.15) is 0 Å². The van der Waals surface area contributed by atoms with Crippen molar-refractivity contribution in [3.63, 3.8) is 0 Å². The van der Waals surface area contributed by atoms with E-state index in [0.29, 0.717) is 0 Å². The van der Waals surface area contributed by atoms with Crippen LogP contribution < -0.4 is 5.32 Å². The molecule has 18 heteroatoms.